The van der Waals surface area contributed by atoms with Crippen LogP contribution in [0.4, 0.5) is 0 Å². The maximum atomic E-state index is 12.2. The van der Waals surface area contributed by atoms with Crippen molar-refractivity contribution in [1.29, 1.82) is 0 Å². The van der Waals surface area contributed by atoms with Gasteiger partial charge in [0.1, 0.15) is 10.6 Å². The van der Waals surface area contributed by atoms with Gasteiger partial charge in [0.2, 0.25) is 10.0 Å². The Kier molecular flexibility index (Phi) is 5.02. The summed E-state index contributed by atoms with van der Waals surface area (Å²) in [6, 6.07) is 1.53. The van der Waals surface area contributed by atoms with Gasteiger partial charge in [-0.05, 0) is 31.7 Å². The number of carbonyl (C=O) groups is 1. The predicted octanol–water partition coefficient (Wildman–Crippen LogP) is 0.627. The Balaban J connectivity index is 2.16. The number of hydrogen-bond donors (Lipinski definition) is 2. The van der Waals surface area contributed by atoms with Crippen molar-refractivity contribution < 1.29 is 17.9 Å². The van der Waals surface area contributed by atoms with Crippen molar-refractivity contribution in [3.63, 3.8) is 0 Å². The Morgan fingerprint density at radius 1 is 1.52 bits per heavy atom. The van der Waals surface area contributed by atoms with Crippen LogP contribution in [0.2, 0.25) is 0 Å². The van der Waals surface area contributed by atoms with Crippen molar-refractivity contribution in [2.45, 2.75) is 36.6 Å². The highest BCUT2D eigenvalue weighted by Gasteiger charge is 2.26. The monoisotopic (exact) mass is 315 g/mol. The molecule has 0 atom stereocenters. The summed E-state index contributed by atoms with van der Waals surface area (Å²) in [5, 5.41) is 7.92. The van der Waals surface area contributed by atoms with Crippen molar-refractivity contribution in [3.05, 3.63) is 18.0 Å². The number of methoxy groups -OCH3 is 1. The molecule has 0 saturated heterocycles. The highest BCUT2D eigenvalue weighted by Crippen LogP contribution is 2.34. The Labute approximate surface area is 124 Å². The molecule has 2 rings (SSSR count). The first-order valence-electron chi connectivity index (χ1n) is 6.95. The summed E-state index contributed by atoms with van der Waals surface area (Å²) in [6.45, 7) is 1.04. The molecule has 1 fully saturated rings. The minimum atomic E-state index is -3.81. The van der Waals surface area contributed by atoms with Crippen LogP contribution in [0.5, 0.6) is 0 Å². The van der Waals surface area contributed by atoms with Gasteiger partial charge in [0.05, 0.1) is 0 Å². The first-order valence-corrected chi connectivity index (χ1v) is 8.50. The van der Waals surface area contributed by atoms with E-state index in [0.717, 1.165) is 19.3 Å². The Morgan fingerprint density at radius 2 is 2.24 bits per heavy atom. The van der Waals surface area contributed by atoms with E-state index in [0.29, 0.717) is 25.3 Å². The summed E-state index contributed by atoms with van der Waals surface area (Å²) in [5.41, 5.74) is 0.348. The second-order valence-corrected chi connectivity index (χ2v) is 6.76. The molecule has 1 aromatic heterocycles. The van der Waals surface area contributed by atoms with Crippen LogP contribution in [-0.2, 0) is 14.8 Å². The third-order valence-corrected chi connectivity index (χ3v) is 4.54. The summed E-state index contributed by atoms with van der Waals surface area (Å²) in [6.07, 6.45) is 5.14. The smallest absolute Gasteiger partial charge is 0.267 e. The lowest BCUT2D eigenvalue weighted by Crippen LogP contribution is -2.29. The topological polar surface area (TPSA) is 103 Å². The van der Waals surface area contributed by atoms with E-state index in [-0.39, 0.29) is 16.8 Å². The summed E-state index contributed by atoms with van der Waals surface area (Å²) in [4.78, 5) is 12.2. The van der Waals surface area contributed by atoms with Gasteiger partial charge in [-0.3, -0.25) is 4.79 Å². The predicted molar refractivity (Wildman–Crippen MR) is 77.5 cm³/mol. The number of primary sulfonamides is 1. The third-order valence-electron chi connectivity index (χ3n) is 3.66. The van der Waals surface area contributed by atoms with Crippen LogP contribution < -0.4 is 10.5 Å². The highest BCUT2D eigenvalue weighted by molar-refractivity contribution is 7.89. The quantitative estimate of drug-likeness (QED) is 0.720. The molecule has 0 spiro atoms. The summed E-state index contributed by atoms with van der Waals surface area (Å²) < 4.78 is 29.6. The van der Waals surface area contributed by atoms with Gasteiger partial charge in [-0.1, -0.05) is 0 Å². The Bertz CT molecular complexity index is 605. The summed E-state index contributed by atoms with van der Waals surface area (Å²) in [5.74, 6) is -0.284. The maximum Gasteiger partial charge on any atom is 0.267 e. The molecule has 1 aliphatic carbocycles. The molecule has 118 valence electrons. The summed E-state index contributed by atoms with van der Waals surface area (Å²) >= 11 is 0. The molecular weight excluding hydrogens is 294 g/mol. The molecule has 1 heterocycles. The van der Waals surface area contributed by atoms with Gasteiger partial charge in [-0.2, -0.15) is 0 Å². The number of sulfonamides is 1. The zero-order chi connectivity index (χ0) is 15.5. The molecule has 3 N–H and O–H groups in total. The standard InChI is InChI=1S/C13H21N3O4S/c1-20-7-3-6-15-13(17)12-8-11(21(14,18)19)9-16(12)10-4-2-5-10/h8-10H,2-7H2,1H3,(H,15,17)(H2,14,18,19). The molecule has 0 unspecified atom stereocenters. The normalized spacial score (nSPS) is 15.7. The highest BCUT2D eigenvalue weighted by atomic mass is 32.2. The van der Waals surface area contributed by atoms with E-state index in [1.54, 1.807) is 11.7 Å². The fourth-order valence-electron chi connectivity index (χ4n) is 2.27. The number of carbonyl (C=O) groups excluding carboxylic acids is 1. The fraction of sp³-hybridized carbons (Fsp3) is 0.615. The SMILES string of the molecule is COCCCNC(=O)c1cc(S(N)(=O)=O)cn1C1CCC1. The molecule has 0 radical (unpaired) electrons. The van der Waals surface area contributed by atoms with Crippen LogP contribution in [0, 0.1) is 0 Å². The zero-order valence-electron chi connectivity index (χ0n) is 12.0. The number of nitrogens with one attached hydrogen (secondary N) is 1. The van der Waals surface area contributed by atoms with Crippen LogP contribution in [0.3, 0.4) is 0 Å². The minimum Gasteiger partial charge on any atom is -0.385 e. The number of nitrogens with two attached hydrogens (primary N) is 1. The van der Waals surface area contributed by atoms with Crippen molar-refractivity contribution in [2.75, 3.05) is 20.3 Å². The Morgan fingerprint density at radius 3 is 2.76 bits per heavy atom. The van der Waals surface area contributed by atoms with Gasteiger partial charge >= 0.3 is 0 Å². The van der Waals surface area contributed by atoms with Crippen molar-refractivity contribution in [2.24, 2.45) is 5.14 Å². The summed E-state index contributed by atoms with van der Waals surface area (Å²) in [7, 11) is -2.21. The van der Waals surface area contributed by atoms with Gasteiger partial charge in [0.25, 0.3) is 5.91 Å². The molecule has 0 aromatic carbocycles. The van der Waals surface area contributed by atoms with Gasteiger partial charge in [0.15, 0.2) is 0 Å². The van der Waals surface area contributed by atoms with Crippen LogP contribution in [0.15, 0.2) is 17.2 Å². The maximum absolute atomic E-state index is 12.2. The van der Waals surface area contributed by atoms with Gasteiger partial charge < -0.3 is 14.6 Å². The Hall–Kier alpha value is -1.38. The second kappa shape index (κ2) is 6.59. The molecule has 1 aliphatic rings. The third kappa shape index (κ3) is 3.84. The molecule has 0 bridgehead atoms. The lowest BCUT2D eigenvalue weighted by Gasteiger charge is -2.28. The first-order chi connectivity index (χ1) is 9.93. The molecule has 7 nitrogen and oxygen atoms in total. The first kappa shape index (κ1) is 16.0. The van der Waals surface area contributed by atoms with Gasteiger partial charge in [-0.25, -0.2) is 13.6 Å². The molecule has 8 heteroatoms. The molecule has 21 heavy (non-hydrogen) atoms. The van der Waals surface area contributed by atoms with E-state index in [4.69, 9.17) is 9.88 Å². The average molecular weight is 315 g/mol. The van der Waals surface area contributed by atoms with Crippen LogP contribution in [0.25, 0.3) is 0 Å². The number of hydrogen-bond acceptors (Lipinski definition) is 4. The molecule has 1 saturated carbocycles. The van der Waals surface area contributed by atoms with Crippen molar-refractivity contribution in [1.82, 2.24) is 9.88 Å². The van der Waals surface area contributed by atoms with Crippen LogP contribution in [0.1, 0.15) is 42.2 Å². The number of nitrogens with zero attached hydrogens (tertiary/aromatic N) is 1. The van der Waals surface area contributed by atoms with E-state index in [2.05, 4.69) is 5.32 Å². The molecule has 1 amide bonds. The fourth-order valence-corrected chi connectivity index (χ4v) is 2.80. The van der Waals surface area contributed by atoms with Gasteiger partial charge in [0, 0.05) is 32.5 Å². The van der Waals surface area contributed by atoms with E-state index in [1.807, 2.05) is 0 Å². The van der Waals surface area contributed by atoms with E-state index in [1.165, 1.54) is 12.3 Å². The number of ether oxygens (including phenoxy) is 1. The van der Waals surface area contributed by atoms with E-state index in [9.17, 15) is 13.2 Å². The largest absolute Gasteiger partial charge is 0.385 e. The number of aromatic nitrogens is 1. The van der Waals surface area contributed by atoms with Crippen LogP contribution >= 0.6 is 0 Å². The van der Waals surface area contributed by atoms with Crippen molar-refractivity contribution in [3.8, 4) is 0 Å². The zero-order valence-corrected chi connectivity index (χ0v) is 12.9. The average Bonchev–Trinajstić information content (AvgIpc) is 2.77. The number of amides is 1. The lowest BCUT2D eigenvalue weighted by molar-refractivity contribution is 0.0933. The molecular formula is C13H21N3O4S. The molecule has 1 aromatic rings. The van der Waals surface area contributed by atoms with E-state index < -0.39 is 10.0 Å². The van der Waals surface area contributed by atoms with Crippen molar-refractivity contribution >= 4 is 15.9 Å². The lowest BCUT2D eigenvalue weighted by atomic mass is 9.93. The van der Waals surface area contributed by atoms with Gasteiger partial charge in [-0.15, -0.1) is 0 Å². The number of rotatable bonds is 7. The second-order valence-electron chi connectivity index (χ2n) is 5.20. The minimum absolute atomic E-state index is 0.0172. The molecule has 0 aliphatic heterocycles. The van der Waals surface area contributed by atoms with E-state index >= 15 is 0 Å². The van der Waals surface area contributed by atoms with Crippen LogP contribution in [-0.4, -0.2) is 39.2 Å².